The number of nitrogens with zero attached hydrogens (tertiary/aromatic N) is 5. The highest BCUT2D eigenvalue weighted by atomic mass is 15.3. The monoisotopic (exact) mass is 293 g/mol. The van der Waals surface area contributed by atoms with E-state index in [9.17, 15) is 0 Å². The smallest absolute Gasteiger partial charge is 0.227 e. The van der Waals surface area contributed by atoms with E-state index in [0.717, 1.165) is 23.8 Å². The maximum atomic E-state index is 4.63. The van der Waals surface area contributed by atoms with Crippen molar-refractivity contribution in [1.29, 1.82) is 0 Å². The molecule has 0 atom stereocenters. The number of aryl methyl sites for hydroxylation is 2. The van der Waals surface area contributed by atoms with Crippen molar-refractivity contribution in [3.63, 3.8) is 0 Å². The molecule has 0 aliphatic carbocycles. The van der Waals surface area contributed by atoms with Gasteiger partial charge in [0.05, 0.1) is 5.69 Å². The van der Waals surface area contributed by atoms with Gasteiger partial charge in [-0.3, -0.25) is 0 Å². The Hall–Kier alpha value is -2.69. The molecule has 0 saturated carbocycles. The van der Waals surface area contributed by atoms with Gasteiger partial charge in [0.1, 0.15) is 0 Å². The summed E-state index contributed by atoms with van der Waals surface area (Å²) < 4.78 is 1.84. The zero-order valence-electron chi connectivity index (χ0n) is 13.1. The van der Waals surface area contributed by atoms with Gasteiger partial charge in [-0.25, -0.2) is 9.67 Å². The van der Waals surface area contributed by atoms with Gasteiger partial charge in [0, 0.05) is 31.5 Å². The van der Waals surface area contributed by atoms with Crippen LogP contribution < -0.4 is 4.90 Å². The predicted octanol–water partition coefficient (Wildman–Crippen LogP) is 2.92. The lowest BCUT2D eigenvalue weighted by Crippen LogP contribution is -2.19. The van der Waals surface area contributed by atoms with Gasteiger partial charge >= 0.3 is 0 Å². The first kappa shape index (κ1) is 14.3. The topological polar surface area (TPSA) is 46.8 Å². The van der Waals surface area contributed by atoms with Gasteiger partial charge in [-0.05, 0) is 25.5 Å². The lowest BCUT2D eigenvalue weighted by molar-refractivity contribution is 0.785. The minimum atomic E-state index is 0.689. The van der Waals surface area contributed by atoms with Crippen molar-refractivity contribution >= 4 is 5.95 Å². The second-order valence-corrected chi connectivity index (χ2v) is 5.40. The molecule has 5 heteroatoms. The van der Waals surface area contributed by atoms with E-state index in [1.165, 1.54) is 5.56 Å². The molecule has 0 N–H and O–H groups in total. The Morgan fingerprint density at radius 1 is 1.09 bits per heavy atom. The second-order valence-electron chi connectivity index (χ2n) is 5.40. The fraction of sp³-hybridized carbons (Fsp3) is 0.235. The number of rotatable bonds is 4. The summed E-state index contributed by atoms with van der Waals surface area (Å²) in [6.45, 7) is 4.77. The molecular weight excluding hydrogens is 274 g/mol. The van der Waals surface area contributed by atoms with Crippen LogP contribution in [0.2, 0.25) is 0 Å². The van der Waals surface area contributed by atoms with Gasteiger partial charge in [0.2, 0.25) is 5.95 Å². The Morgan fingerprint density at radius 3 is 2.55 bits per heavy atom. The van der Waals surface area contributed by atoms with Gasteiger partial charge < -0.3 is 4.90 Å². The standard InChI is InChI=1S/C17H19N5/c1-13-11-14(2)22(20-13)16-9-10-18-17(19-16)21(3)12-15-7-5-4-6-8-15/h4-11H,12H2,1-3H3. The molecule has 3 aromatic rings. The van der Waals surface area contributed by atoms with E-state index < -0.39 is 0 Å². The third-order valence-electron chi connectivity index (χ3n) is 3.46. The van der Waals surface area contributed by atoms with E-state index in [1.807, 2.05) is 60.8 Å². The van der Waals surface area contributed by atoms with Crippen LogP contribution in [0.3, 0.4) is 0 Å². The highest BCUT2D eigenvalue weighted by molar-refractivity contribution is 5.36. The predicted molar refractivity (Wildman–Crippen MR) is 87.2 cm³/mol. The molecule has 0 fully saturated rings. The van der Waals surface area contributed by atoms with Crippen molar-refractivity contribution in [3.05, 3.63) is 65.6 Å². The maximum absolute atomic E-state index is 4.63. The van der Waals surface area contributed by atoms with Crippen molar-refractivity contribution in [2.24, 2.45) is 0 Å². The number of benzene rings is 1. The summed E-state index contributed by atoms with van der Waals surface area (Å²) in [6, 6.07) is 14.2. The summed E-state index contributed by atoms with van der Waals surface area (Å²) in [5.74, 6) is 1.48. The first-order chi connectivity index (χ1) is 10.6. The van der Waals surface area contributed by atoms with Gasteiger partial charge in [0.15, 0.2) is 5.82 Å². The number of hydrogen-bond donors (Lipinski definition) is 0. The normalized spacial score (nSPS) is 10.7. The Balaban J connectivity index is 1.86. The van der Waals surface area contributed by atoms with Gasteiger partial charge in [0.25, 0.3) is 0 Å². The quantitative estimate of drug-likeness (QED) is 0.742. The van der Waals surface area contributed by atoms with E-state index >= 15 is 0 Å². The molecule has 22 heavy (non-hydrogen) atoms. The van der Waals surface area contributed by atoms with Crippen LogP contribution in [0.5, 0.6) is 0 Å². The number of aromatic nitrogens is 4. The second kappa shape index (κ2) is 5.97. The van der Waals surface area contributed by atoms with Crippen LogP contribution in [0, 0.1) is 13.8 Å². The zero-order valence-corrected chi connectivity index (χ0v) is 13.1. The molecule has 0 unspecified atom stereocenters. The fourth-order valence-electron chi connectivity index (χ4n) is 2.43. The summed E-state index contributed by atoms with van der Waals surface area (Å²) in [6.07, 6.45) is 1.77. The Morgan fingerprint density at radius 2 is 1.86 bits per heavy atom. The first-order valence-electron chi connectivity index (χ1n) is 7.25. The molecule has 0 radical (unpaired) electrons. The Bertz CT molecular complexity index is 764. The van der Waals surface area contributed by atoms with Crippen LogP contribution in [-0.2, 0) is 6.54 Å². The van der Waals surface area contributed by atoms with Gasteiger partial charge in [-0.15, -0.1) is 0 Å². The Labute approximate surface area is 130 Å². The lowest BCUT2D eigenvalue weighted by Gasteiger charge is -2.17. The molecule has 0 aliphatic heterocycles. The maximum Gasteiger partial charge on any atom is 0.227 e. The number of hydrogen-bond acceptors (Lipinski definition) is 4. The molecule has 0 bridgehead atoms. The largest absolute Gasteiger partial charge is 0.339 e. The average molecular weight is 293 g/mol. The Kier molecular flexibility index (Phi) is 3.87. The summed E-state index contributed by atoms with van der Waals surface area (Å²) in [4.78, 5) is 11.0. The highest BCUT2D eigenvalue weighted by Gasteiger charge is 2.09. The van der Waals surface area contributed by atoms with Crippen LogP contribution in [0.4, 0.5) is 5.95 Å². The molecule has 1 aromatic carbocycles. The van der Waals surface area contributed by atoms with Crippen molar-refractivity contribution in [2.45, 2.75) is 20.4 Å². The van der Waals surface area contributed by atoms with Crippen molar-refractivity contribution in [1.82, 2.24) is 19.7 Å². The van der Waals surface area contributed by atoms with Crippen molar-refractivity contribution < 1.29 is 0 Å². The third kappa shape index (κ3) is 2.98. The van der Waals surface area contributed by atoms with Crippen molar-refractivity contribution in [3.8, 4) is 5.82 Å². The molecule has 2 heterocycles. The summed E-state index contributed by atoms with van der Waals surface area (Å²) in [5.41, 5.74) is 3.27. The van der Waals surface area contributed by atoms with E-state index in [2.05, 4.69) is 27.2 Å². The molecule has 0 saturated heterocycles. The van der Waals surface area contributed by atoms with Crippen LogP contribution >= 0.6 is 0 Å². The zero-order chi connectivity index (χ0) is 15.5. The van der Waals surface area contributed by atoms with E-state index in [0.29, 0.717) is 5.95 Å². The third-order valence-corrected chi connectivity index (χ3v) is 3.46. The van der Waals surface area contributed by atoms with E-state index in [1.54, 1.807) is 6.20 Å². The number of anilines is 1. The van der Waals surface area contributed by atoms with Gasteiger partial charge in [-0.2, -0.15) is 10.1 Å². The first-order valence-corrected chi connectivity index (χ1v) is 7.25. The van der Waals surface area contributed by atoms with Crippen molar-refractivity contribution in [2.75, 3.05) is 11.9 Å². The molecule has 0 amide bonds. The average Bonchev–Trinajstić information content (AvgIpc) is 2.87. The molecule has 0 aliphatic rings. The molecule has 0 spiro atoms. The summed E-state index contributed by atoms with van der Waals surface area (Å²) >= 11 is 0. The molecule has 3 rings (SSSR count). The summed E-state index contributed by atoms with van der Waals surface area (Å²) in [7, 11) is 1.99. The highest BCUT2D eigenvalue weighted by Crippen LogP contribution is 2.14. The van der Waals surface area contributed by atoms with E-state index in [-0.39, 0.29) is 0 Å². The molecule has 112 valence electrons. The van der Waals surface area contributed by atoms with Crippen LogP contribution in [0.15, 0.2) is 48.7 Å². The minimum absolute atomic E-state index is 0.689. The van der Waals surface area contributed by atoms with Crippen LogP contribution in [0.1, 0.15) is 17.0 Å². The minimum Gasteiger partial charge on any atom is -0.339 e. The fourth-order valence-corrected chi connectivity index (χ4v) is 2.43. The van der Waals surface area contributed by atoms with Crippen LogP contribution in [0.25, 0.3) is 5.82 Å². The SMILES string of the molecule is Cc1cc(C)n(-c2ccnc(N(C)Cc3ccccc3)n2)n1. The summed E-state index contributed by atoms with van der Waals surface area (Å²) in [5, 5.41) is 4.47. The van der Waals surface area contributed by atoms with Gasteiger partial charge in [-0.1, -0.05) is 30.3 Å². The molecular formula is C17H19N5. The van der Waals surface area contributed by atoms with Crippen LogP contribution in [-0.4, -0.2) is 26.8 Å². The van der Waals surface area contributed by atoms with E-state index in [4.69, 9.17) is 0 Å². The molecule has 5 nitrogen and oxygen atoms in total. The lowest BCUT2D eigenvalue weighted by atomic mass is 10.2. The molecule has 2 aromatic heterocycles.